The summed E-state index contributed by atoms with van der Waals surface area (Å²) in [7, 11) is 0. The molecule has 2 aromatic carbocycles. The molecule has 2 amide bonds. The van der Waals surface area contributed by atoms with E-state index in [1.807, 2.05) is 65.3 Å². The Morgan fingerprint density at radius 3 is 2.04 bits per heavy atom. The predicted molar refractivity (Wildman–Crippen MR) is 193 cm³/mol. The Bertz CT molecular complexity index is 1640. The first-order valence-corrected chi connectivity index (χ1v) is 18.1. The van der Waals surface area contributed by atoms with Crippen LogP contribution in [0.2, 0.25) is 10.0 Å². The summed E-state index contributed by atoms with van der Waals surface area (Å²) in [4.78, 5) is 37.0. The van der Waals surface area contributed by atoms with Crippen molar-refractivity contribution in [2.24, 2.45) is 4.99 Å². The Morgan fingerprint density at radius 2 is 1.48 bits per heavy atom. The summed E-state index contributed by atoms with van der Waals surface area (Å²) in [5.41, 5.74) is 0.198. The highest BCUT2D eigenvalue weighted by Gasteiger charge is 2.60. The fourth-order valence-electron chi connectivity index (χ4n) is 7.54. The average molecular weight is 692 g/mol. The summed E-state index contributed by atoms with van der Waals surface area (Å²) in [6.45, 7) is 16.4. The quantitative estimate of drug-likeness (QED) is 0.260. The molecule has 0 spiro atoms. The number of halogens is 2. The van der Waals surface area contributed by atoms with Crippen LogP contribution in [-0.4, -0.2) is 75.4 Å². The number of piperidine rings is 2. The summed E-state index contributed by atoms with van der Waals surface area (Å²) in [5, 5.41) is 1.25. The zero-order valence-electron chi connectivity index (χ0n) is 29.1. The van der Waals surface area contributed by atoms with Gasteiger partial charge in [0.25, 0.3) is 0 Å². The summed E-state index contributed by atoms with van der Waals surface area (Å²) in [6, 6.07) is 15.9. The molecule has 8 nitrogen and oxygen atoms in total. The molecule has 0 bridgehead atoms. The third-order valence-electron chi connectivity index (χ3n) is 10.5. The number of carbonyl (C=O) groups excluding carboxylic acids is 1. The van der Waals surface area contributed by atoms with Crippen molar-refractivity contribution >= 4 is 35.1 Å². The molecule has 1 aromatic heterocycles. The van der Waals surface area contributed by atoms with Crippen LogP contribution in [0.5, 0.6) is 5.88 Å². The van der Waals surface area contributed by atoms with Gasteiger partial charge in [0.15, 0.2) is 0 Å². The smallest absolute Gasteiger partial charge is 0.326 e. The third kappa shape index (κ3) is 6.32. The highest BCUT2D eigenvalue weighted by atomic mass is 35.5. The molecule has 3 aromatic rings. The molecule has 2 fully saturated rings. The summed E-state index contributed by atoms with van der Waals surface area (Å²) < 4.78 is 6.20. The molecule has 0 aliphatic carbocycles. The van der Waals surface area contributed by atoms with Crippen LogP contribution in [0.3, 0.4) is 0 Å². The zero-order valence-corrected chi connectivity index (χ0v) is 30.6. The van der Waals surface area contributed by atoms with E-state index in [4.69, 9.17) is 42.9 Å². The number of amidine groups is 1. The van der Waals surface area contributed by atoms with E-state index < -0.39 is 11.1 Å². The van der Waals surface area contributed by atoms with E-state index in [0.29, 0.717) is 58.9 Å². The number of aromatic nitrogens is 2. The summed E-state index contributed by atoms with van der Waals surface area (Å²) >= 11 is 12.8. The number of carbonyl (C=O) groups is 1. The Hall–Kier alpha value is -3.20. The highest BCUT2D eigenvalue weighted by Crippen LogP contribution is 2.54. The van der Waals surface area contributed by atoms with Gasteiger partial charge in [0.05, 0.1) is 12.2 Å². The lowest BCUT2D eigenvalue weighted by atomic mass is 9.71. The third-order valence-corrected chi connectivity index (χ3v) is 11.0. The van der Waals surface area contributed by atoms with Crippen molar-refractivity contribution in [3.63, 3.8) is 0 Å². The number of aliphatic imine (C=N–C) groups is 1. The van der Waals surface area contributed by atoms with Crippen molar-refractivity contribution in [3.8, 4) is 5.88 Å². The monoisotopic (exact) mass is 690 g/mol. The van der Waals surface area contributed by atoms with Crippen molar-refractivity contribution < 1.29 is 9.53 Å². The van der Waals surface area contributed by atoms with Crippen LogP contribution in [0, 0.1) is 0 Å². The first-order valence-electron chi connectivity index (χ1n) is 17.3. The van der Waals surface area contributed by atoms with E-state index in [1.165, 1.54) is 19.3 Å². The minimum Gasteiger partial charge on any atom is -0.477 e. The fourth-order valence-corrected chi connectivity index (χ4v) is 7.79. The lowest BCUT2D eigenvalue weighted by Crippen LogP contribution is -2.60. The molecular formula is C38H48Cl2N6O2. The Labute approximate surface area is 295 Å². The second-order valence-electron chi connectivity index (χ2n) is 14.6. The molecule has 4 heterocycles. The molecule has 2 saturated heterocycles. The van der Waals surface area contributed by atoms with Gasteiger partial charge in [-0.2, -0.15) is 4.98 Å². The molecule has 0 saturated carbocycles. The topological polar surface area (TPSA) is 74.2 Å². The second kappa shape index (κ2) is 13.6. The van der Waals surface area contributed by atoms with Gasteiger partial charge in [0.2, 0.25) is 5.88 Å². The van der Waals surface area contributed by atoms with Crippen LogP contribution in [0.4, 0.5) is 4.79 Å². The van der Waals surface area contributed by atoms with Crippen molar-refractivity contribution in [1.29, 1.82) is 0 Å². The van der Waals surface area contributed by atoms with Crippen LogP contribution in [-0.2, 0) is 16.5 Å². The normalized spacial score (nSPS) is 24.1. The average Bonchev–Trinajstić information content (AvgIpc) is 3.33. The number of nitrogens with zero attached hydrogens (tertiary/aromatic N) is 6. The van der Waals surface area contributed by atoms with Crippen LogP contribution >= 0.6 is 23.2 Å². The zero-order chi connectivity index (χ0) is 34.3. The lowest BCUT2D eigenvalue weighted by molar-refractivity contribution is 0.0755. The van der Waals surface area contributed by atoms with Gasteiger partial charge in [0.1, 0.15) is 22.7 Å². The van der Waals surface area contributed by atoms with Crippen LogP contribution in [0.1, 0.15) is 96.2 Å². The largest absolute Gasteiger partial charge is 0.477 e. The number of rotatable bonds is 6. The highest BCUT2D eigenvalue weighted by molar-refractivity contribution is 6.30. The van der Waals surface area contributed by atoms with Gasteiger partial charge in [-0.1, -0.05) is 74.7 Å². The van der Waals surface area contributed by atoms with E-state index in [0.717, 1.165) is 37.1 Å². The number of urea groups is 1. The molecule has 2 atom stereocenters. The number of hydrogen-bond donors (Lipinski definition) is 0. The van der Waals surface area contributed by atoms with Gasteiger partial charge >= 0.3 is 6.03 Å². The maximum atomic E-state index is 15.2. The van der Waals surface area contributed by atoms with E-state index in [-0.39, 0.29) is 11.4 Å². The van der Waals surface area contributed by atoms with E-state index in [2.05, 4.69) is 39.5 Å². The maximum absolute atomic E-state index is 15.2. The van der Waals surface area contributed by atoms with Crippen molar-refractivity contribution in [2.45, 2.75) is 96.2 Å². The van der Waals surface area contributed by atoms with Gasteiger partial charge in [0, 0.05) is 40.8 Å². The minimum absolute atomic E-state index is 0.0941. The fraction of sp³-hybridized carbons (Fsp3) is 0.526. The number of ether oxygens (including phenoxy) is 1. The molecule has 0 radical (unpaired) electrons. The van der Waals surface area contributed by atoms with Crippen LogP contribution in [0.15, 0.2) is 59.7 Å². The molecule has 6 rings (SSSR count). The molecule has 48 heavy (non-hydrogen) atoms. The number of amides is 2. The minimum atomic E-state index is -0.978. The molecule has 256 valence electrons. The van der Waals surface area contributed by atoms with Crippen molar-refractivity contribution in [1.82, 2.24) is 24.7 Å². The van der Waals surface area contributed by atoms with Gasteiger partial charge in [-0.3, -0.25) is 9.89 Å². The molecule has 10 heteroatoms. The van der Waals surface area contributed by atoms with E-state index in [1.54, 1.807) is 6.20 Å². The molecule has 0 N–H and O–H groups in total. The number of benzene rings is 2. The first-order chi connectivity index (χ1) is 22.9. The lowest BCUT2D eigenvalue weighted by Gasteiger charge is -2.47. The van der Waals surface area contributed by atoms with Crippen LogP contribution in [0.25, 0.3) is 0 Å². The van der Waals surface area contributed by atoms with Gasteiger partial charge < -0.3 is 14.5 Å². The molecule has 2 unspecified atom stereocenters. The van der Waals surface area contributed by atoms with E-state index in [9.17, 15) is 0 Å². The molecular weight excluding hydrogens is 643 g/mol. The molecule has 3 aliphatic rings. The summed E-state index contributed by atoms with van der Waals surface area (Å²) in [6.07, 6.45) is 7.50. The SMILES string of the molecule is CCOc1nc(C(C)(C)C)ncc1C1=NC(C)(c2ccc(Cl)cc2)C(C)(c2ccc(Cl)cc2)N1C(=O)N1CCC(N2CCCCC2)CC1. The van der Waals surface area contributed by atoms with Gasteiger partial charge in [-0.05, 0) is 94.9 Å². The van der Waals surface area contributed by atoms with Crippen molar-refractivity contribution in [3.05, 3.63) is 87.3 Å². The Kier molecular flexibility index (Phi) is 9.82. The first kappa shape index (κ1) is 34.7. The van der Waals surface area contributed by atoms with Crippen LogP contribution < -0.4 is 4.74 Å². The molecule has 3 aliphatic heterocycles. The standard InChI is InChI=1S/C38H48Cl2N6O2/c1-7-48-33-31(25-41-34(42-33)36(2,3)4)32-43-37(5,26-11-15-28(39)16-12-26)38(6,27-13-17-29(40)18-14-27)46(32)35(47)45-23-19-30(20-24-45)44-21-9-8-10-22-44/h11-18,25,30H,7-10,19-24H2,1-6H3. The Morgan fingerprint density at radius 1 is 0.896 bits per heavy atom. The maximum Gasteiger partial charge on any atom is 0.326 e. The van der Waals surface area contributed by atoms with E-state index >= 15 is 4.79 Å². The van der Waals surface area contributed by atoms with Crippen molar-refractivity contribution in [2.75, 3.05) is 32.8 Å². The number of hydrogen-bond acceptors (Lipinski definition) is 6. The Balaban J connectivity index is 1.51. The predicted octanol–water partition coefficient (Wildman–Crippen LogP) is 8.44. The second-order valence-corrected chi connectivity index (χ2v) is 15.5. The van der Waals surface area contributed by atoms with Gasteiger partial charge in [-0.25, -0.2) is 9.78 Å². The number of likely N-dealkylation sites (tertiary alicyclic amines) is 2. The summed E-state index contributed by atoms with van der Waals surface area (Å²) in [5.74, 6) is 1.56. The van der Waals surface area contributed by atoms with Gasteiger partial charge in [-0.15, -0.1) is 0 Å².